The number of unbranched alkanes of at least 4 members (excludes halogenated alkanes) is 2. The summed E-state index contributed by atoms with van der Waals surface area (Å²) in [4.78, 5) is 29.0. The van der Waals surface area contributed by atoms with E-state index in [2.05, 4.69) is 35.2 Å². The third-order valence-corrected chi connectivity index (χ3v) is 6.23. The molecule has 0 saturated carbocycles. The van der Waals surface area contributed by atoms with Crippen LogP contribution in [-0.4, -0.2) is 54.4 Å². The summed E-state index contributed by atoms with van der Waals surface area (Å²) in [5, 5.41) is 0. The molecule has 2 amide bonds. The predicted octanol–water partition coefficient (Wildman–Crippen LogP) is 4.10. The molecule has 0 radical (unpaired) electrons. The van der Waals surface area contributed by atoms with Crippen LogP contribution >= 0.6 is 0 Å². The van der Waals surface area contributed by atoms with Gasteiger partial charge in [-0.25, -0.2) is 0 Å². The highest BCUT2D eigenvalue weighted by Crippen LogP contribution is 2.28. The summed E-state index contributed by atoms with van der Waals surface area (Å²) in [6.45, 7) is 3.79. The summed E-state index contributed by atoms with van der Waals surface area (Å²) < 4.78 is 5.49. The lowest BCUT2D eigenvalue weighted by molar-refractivity contribution is -0.130. The van der Waals surface area contributed by atoms with Gasteiger partial charge in [-0.1, -0.05) is 48.9 Å². The maximum absolute atomic E-state index is 12.7. The zero-order valence-corrected chi connectivity index (χ0v) is 17.5. The summed E-state index contributed by atoms with van der Waals surface area (Å²) in [6.07, 6.45) is 5.39. The number of likely N-dealkylation sites (tertiary alicyclic amines) is 1. The van der Waals surface area contributed by atoms with Gasteiger partial charge in [-0.15, -0.1) is 0 Å². The topological polar surface area (TPSA) is 49.9 Å². The highest BCUT2D eigenvalue weighted by atomic mass is 16.5. The molecule has 2 heterocycles. The fourth-order valence-corrected chi connectivity index (χ4v) is 4.47. The molecular formula is C25H30N2O3. The van der Waals surface area contributed by atoms with Gasteiger partial charge in [0.05, 0.1) is 5.56 Å². The van der Waals surface area contributed by atoms with Crippen molar-refractivity contribution in [2.75, 3.05) is 32.8 Å². The molecule has 2 aromatic carbocycles. The number of hydrogen-bond acceptors (Lipinski definition) is 4. The van der Waals surface area contributed by atoms with Gasteiger partial charge < -0.3 is 9.64 Å². The standard InChI is InChI=1S/C25H30N2O3/c28-24-19-30-23-12-6-5-11-22(23)25(29)27(24)16-8-2-7-15-26-17-13-21(14-18-26)20-9-3-1-4-10-20/h1,3-6,9-12,21H,2,7-8,13-19H2. The summed E-state index contributed by atoms with van der Waals surface area (Å²) in [5.74, 6) is 0.695. The monoisotopic (exact) mass is 406 g/mol. The number of amides is 2. The number of carbonyl (C=O) groups is 2. The second-order valence-electron chi connectivity index (χ2n) is 8.22. The maximum Gasteiger partial charge on any atom is 0.267 e. The Hall–Kier alpha value is -2.66. The van der Waals surface area contributed by atoms with E-state index in [9.17, 15) is 9.59 Å². The largest absolute Gasteiger partial charge is 0.483 e. The van der Waals surface area contributed by atoms with E-state index in [0.29, 0.717) is 23.8 Å². The molecule has 1 fully saturated rings. The van der Waals surface area contributed by atoms with Crippen LogP contribution in [0.5, 0.6) is 5.75 Å². The van der Waals surface area contributed by atoms with Gasteiger partial charge in [-0.3, -0.25) is 14.5 Å². The highest BCUT2D eigenvalue weighted by Gasteiger charge is 2.28. The van der Waals surface area contributed by atoms with Crippen molar-refractivity contribution < 1.29 is 14.3 Å². The number of rotatable bonds is 7. The number of para-hydroxylation sites is 1. The lowest BCUT2D eigenvalue weighted by Gasteiger charge is -2.32. The van der Waals surface area contributed by atoms with E-state index >= 15 is 0 Å². The molecule has 0 bridgehead atoms. The van der Waals surface area contributed by atoms with Crippen LogP contribution in [0.3, 0.4) is 0 Å². The Morgan fingerprint density at radius 2 is 1.53 bits per heavy atom. The van der Waals surface area contributed by atoms with Crippen molar-refractivity contribution >= 4 is 11.8 Å². The second-order valence-corrected chi connectivity index (χ2v) is 8.22. The van der Waals surface area contributed by atoms with Gasteiger partial charge in [0.25, 0.3) is 11.8 Å². The minimum absolute atomic E-state index is 0.0703. The van der Waals surface area contributed by atoms with Crippen molar-refractivity contribution in [3.8, 4) is 5.75 Å². The molecule has 5 heteroatoms. The first kappa shape index (κ1) is 20.6. The summed E-state index contributed by atoms with van der Waals surface area (Å²) in [7, 11) is 0. The lowest BCUT2D eigenvalue weighted by Crippen LogP contribution is -2.38. The molecule has 2 aromatic rings. The fourth-order valence-electron chi connectivity index (χ4n) is 4.47. The number of ether oxygens (including phenoxy) is 1. The minimum Gasteiger partial charge on any atom is -0.483 e. The van der Waals surface area contributed by atoms with Crippen LogP contribution in [0, 0.1) is 0 Å². The van der Waals surface area contributed by atoms with Crippen molar-refractivity contribution in [1.82, 2.24) is 9.80 Å². The van der Waals surface area contributed by atoms with Crippen molar-refractivity contribution in [3.05, 3.63) is 65.7 Å². The number of piperidine rings is 1. The van der Waals surface area contributed by atoms with Gasteiger partial charge >= 0.3 is 0 Å². The Morgan fingerprint density at radius 1 is 0.833 bits per heavy atom. The molecule has 2 aliphatic rings. The zero-order chi connectivity index (χ0) is 20.8. The number of nitrogens with zero attached hydrogens (tertiary/aromatic N) is 2. The van der Waals surface area contributed by atoms with Gasteiger partial charge in [-0.05, 0) is 68.9 Å². The SMILES string of the molecule is O=C1COc2ccccc2C(=O)N1CCCCCN1CCC(c2ccccc2)CC1. The summed E-state index contributed by atoms with van der Waals surface area (Å²) in [6, 6.07) is 17.9. The molecule has 0 unspecified atom stereocenters. The molecule has 0 spiro atoms. The van der Waals surface area contributed by atoms with Gasteiger partial charge in [0.1, 0.15) is 5.75 Å². The smallest absolute Gasteiger partial charge is 0.267 e. The summed E-state index contributed by atoms with van der Waals surface area (Å²) >= 11 is 0. The molecule has 0 aliphatic carbocycles. The Balaban J connectivity index is 1.18. The maximum atomic E-state index is 12.7. The van der Waals surface area contributed by atoms with Gasteiger partial charge in [0, 0.05) is 6.54 Å². The first-order chi connectivity index (χ1) is 14.7. The molecule has 0 atom stereocenters. The molecular weight excluding hydrogens is 376 g/mol. The Kier molecular flexibility index (Phi) is 6.80. The van der Waals surface area contributed by atoms with Crippen LogP contribution in [0.15, 0.2) is 54.6 Å². The van der Waals surface area contributed by atoms with Crippen molar-refractivity contribution in [2.24, 2.45) is 0 Å². The average Bonchev–Trinajstić information content (AvgIpc) is 2.91. The molecule has 5 nitrogen and oxygen atoms in total. The molecule has 0 aromatic heterocycles. The number of carbonyl (C=O) groups excluding carboxylic acids is 2. The van der Waals surface area contributed by atoms with Crippen molar-refractivity contribution in [3.63, 3.8) is 0 Å². The van der Waals surface area contributed by atoms with Crippen LogP contribution in [0.4, 0.5) is 0 Å². The van der Waals surface area contributed by atoms with Crippen molar-refractivity contribution in [1.29, 1.82) is 0 Å². The van der Waals surface area contributed by atoms with Crippen LogP contribution in [0.1, 0.15) is 53.9 Å². The number of imide groups is 1. The van der Waals surface area contributed by atoms with Gasteiger partial charge in [0.15, 0.2) is 6.61 Å². The predicted molar refractivity (Wildman–Crippen MR) is 117 cm³/mol. The molecule has 2 aliphatic heterocycles. The van der Waals surface area contributed by atoms with Crippen LogP contribution in [0.2, 0.25) is 0 Å². The van der Waals surface area contributed by atoms with Crippen LogP contribution in [0.25, 0.3) is 0 Å². The molecule has 0 N–H and O–H groups in total. The normalized spacial score (nSPS) is 18.1. The average molecular weight is 407 g/mol. The van der Waals surface area contributed by atoms with Crippen LogP contribution < -0.4 is 4.74 Å². The van der Waals surface area contributed by atoms with E-state index in [1.807, 2.05) is 6.07 Å². The fraction of sp³-hybridized carbons (Fsp3) is 0.440. The first-order valence-corrected chi connectivity index (χ1v) is 11.1. The minimum atomic E-state index is -0.251. The Morgan fingerprint density at radius 3 is 2.33 bits per heavy atom. The summed E-state index contributed by atoms with van der Waals surface area (Å²) in [5.41, 5.74) is 1.94. The third kappa shape index (κ3) is 4.90. The zero-order valence-electron chi connectivity index (χ0n) is 17.5. The highest BCUT2D eigenvalue weighted by molar-refractivity contribution is 6.07. The quantitative estimate of drug-likeness (QED) is 0.513. The van der Waals surface area contributed by atoms with E-state index in [1.165, 1.54) is 23.3 Å². The Bertz CT molecular complexity index is 860. The lowest BCUT2D eigenvalue weighted by atomic mass is 9.89. The van der Waals surface area contributed by atoms with E-state index in [0.717, 1.165) is 38.9 Å². The number of fused-ring (bicyclic) bond motifs is 1. The van der Waals surface area contributed by atoms with E-state index in [-0.39, 0.29) is 18.4 Å². The number of hydrogen-bond donors (Lipinski definition) is 0. The van der Waals surface area contributed by atoms with Gasteiger partial charge in [-0.2, -0.15) is 0 Å². The van der Waals surface area contributed by atoms with E-state index in [1.54, 1.807) is 18.2 Å². The molecule has 1 saturated heterocycles. The Labute approximate surface area is 178 Å². The van der Waals surface area contributed by atoms with E-state index in [4.69, 9.17) is 4.74 Å². The van der Waals surface area contributed by atoms with Crippen molar-refractivity contribution in [2.45, 2.75) is 38.0 Å². The van der Waals surface area contributed by atoms with Gasteiger partial charge in [0.2, 0.25) is 0 Å². The number of benzene rings is 2. The van der Waals surface area contributed by atoms with Crippen LogP contribution in [-0.2, 0) is 4.79 Å². The molecule has 158 valence electrons. The molecule has 4 rings (SSSR count). The molecule has 30 heavy (non-hydrogen) atoms. The third-order valence-electron chi connectivity index (χ3n) is 6.23. The first-order valence-electron chi connectivity index (χ1n) is 11.1. The van der Waals surface area contributed by atoms with E-state index < -0.39 is 0 Å². The second kappa shape index (κ2) is 9.90.